The van der Waals surface area contributed by atoms with Crippen LogP contribution in [0.5, 0.6) is 0 Å². The van der Waals surface area contributed by atoms with E-state index >= 15 is 0 Å². The number of fused-ring (bicyclic) bond motifs is 1. The first kappa shape index (κ1) is 12.6. The second kappa shape index (κ2) is 5.02. The molecular weight excluding hydrogens is 290 g/mol. The van der Waals surface area contributed by atoms with E-state index in [2.05, 4.69) is 15.6 Å². The van der Waals surface area contributed by atoms with Crippen LogP contribution in [0.4, 0.5) is 5.69 Å². The minimum atomic E-state index is -0.0702. The van der Waals surface area contributed by atoms with Crippen LogP contribution in [-0.2, 0) is 4.79 Å². The summed E-state index contributed by atoms with van der Waals surface area (Å²) in [7, 11) is 0. The number of thiazole rings is 1. The molecule has 2 fully saturated rings. The molecule has 2 aromatic rings. The predicted octanol–water partition coefficient (Wildman–Crippen LogP) is 2.77. The lowest BCUT2D eigenvalue weighted by atomic mass is 10.2. The molecular formula is C14H15N3OS2. The van der Waals surface area contributed by atoms with Gasteiger partial charge in [0.05, 0.1) is 21.3 Å². The molecule has 1 saturated carbocycles. The maximum Gasteiger partial charge on any atom is 0.242 e. The van der Waals surface area contributed by atoms with Crippen molar-refractivity contribution < 1.29 is 4.79 Å². The van der Waals surface area contributed by atoms with E-state index in [1.807, 2.05) is 18.2 Å². The first-order chi connectivity index (χ1) is 9.79. The number of nitrogens with zero attached hydrogens (tertiary/aromatic N) is 1. The topological polar surface area (TPSA) is 54.0 Å². The number of hydrogen-bond donors (Lipinski definition) is 2. The number of nitrogens with one attached hydrogen (secondary N) is 2. The summed E-state index contributed by atoms with van der Waals surface area (Å²) in [5.74, 6) is 2.45. The van der Waals surface area contributed by atoms with Gasteiger partial charge in [-0.05, 0) is 31.0 Å². The number of aromatic nitrogens is 1. The standard InChI is InChI=1S/C14H15N3OS2/c18-13(11-6-19-7-15-11)16-9-3-4-10-12(5-9)20-14(17-10)8-1-2-8/h3-5,8,11,15H,1-2,6-7H2,(H,16,18). The molecule has 2 heterocycles. The average Bonchev–Trinajstić information content (AvgIpc) is 3.00. The SMILES string of the molecule is O=C(Nc1ccc2nc(C3CC3)sc2c1)C1CSCN1. The van der Waals surface area contributed by atoms with Gasteiger partial charge in [0.1, 0.15) is 0 Å². The highest BCUT2D eigenvalue weighted by atomic mass is 32.2. The molecule has 1 aromatic carbocycles. The van der Waals surface area contributed by atoms with E-state index in [0.29, 0.717) is 5.92 Å². The second-order valence-electron chi connectivity index (χ2n) is 5.27. The summed E-state index contributed by atoms with van der Waals surface area (Å²) in [5, 5.41) is 7.42. The van der Waals surface area contributed by atoms with Crippen LogP contribution in [0, 0.1) is 0 Å². The zero-order valence-electron chi connectivity index (χ0n) is 10.9. The molecule has 0 bridgehead atoms. The van der Waals surface area contributed by atoms with Gasteiger partial charge in [-0.3, -0.25) is 10.1 Å². The normalized spacial score (nSPS) is 22.3. The molecule has 1 atom stereocenters. The van der Waals surface area contributed by atoms with Gasteiger partial charge >= 0.3 is 0 Å². The summed E-state index contributed by atoms with van der Waals surface area (Å²) in [6.45, 7) is 0. The molecule has 1 aliphatic heterocycles. The van der Waals surface area contributed by atoms with Crippen molar-refractivity contribution in [3.8, 4) is 0 Å². The van der Waals surface area contributed by atoms with E-state index in [1.165, 1.54) is 22.5 Å². The van der Waals surface area contributed by atoms with Gasteiger partial charge in [-0.15, -0.1) is 23.1 Å². The number of rotatable bonds is 3. The van der Waals surface area contributed by atoms with Gasteiger partial charge in [0, 0.05) is 23.2 Å². The van der Waals surface area contributed by atoms with E-state index in [9.17, 15) is 4.79 Å². The fraction of sp³-hybridized carbons (Fsp3) is 0.429. The van der Waals surface area contributed by atoms with Crippen LogP contribution in [0.2, 0.25) is 0 Å². The van der Waals surface area contributed by atoms with Crippen LogP contribution in [0.3, 0.4) is 0 Å². The monoisotopic (exact) mass is 305 g/mol. The molecule has 1 aliphatic carbocycles. The van der Waals surface area contributed by atoms with Gasteiger partial charge in [0.2, 0.25) is 5.91 Å². The zero-order valence-corrected chi connectivity index (χ0v) is 12.5. The van der Waals surface area contributed by atoms with Gasteiger partial charge in [-0.1, -0.05) is 0 Å². The van der Waals surface area contributed by atoms with Crippen LogP contribution < -0.4 is 10.6 Å². The van der Waals surface area contributed by atoms with E-state index in [1.54, 1.807) is 23.1 Å². The first-order valence-electron chi connectivity index (χ1n) is 6.82. The molecule has 104 valence electrons. The molecule has 0 spiro atoms. The van der Waals surface area contributed by atoms with Crippen LogP contribution in [0.1, 0.15) is 23.8 Å². The lowest BCUT2D eigenvalue weighted by Crippen LogP contribution is -2.37. The van der Waals surface area contributed by atoms with Crippen LogP contribution in [-0.4, -0.2) is 28.6 Å². The second-order valence-corrected chi connectivity index (χ2v) is 7.36. The number of carbonyl (C=O) groups excluding carboxylic acids is 1. The van der Waals surface area contributed by atoms with Gasteiger partial charge in [0.25, 0.3) is 0 Å². The predicted molar refractivity (Wildman–Crippen MR) is 84.5 cm³/mol. The number of anilines is 1. The van der Waals surface area contributed by atoms with Crippen molar-refractivity contribution in [2.75, 3.05) is 16.9 Å². The lowest BCUT2D eigenvalue weighted by molar-refractivity contribution is -0.117. The van der Waals surface area contributed by atoms with Crippen LogP contribution in [0.15, 0.2) is 18.2 Å². The Morgan fingerprint density at radius 1 is 1.40 bits per heavy atom. The lowest BCUT2D eigenvalue weighted by Gasteiger charge is -2.10. The van der Waals surface area contributed by atoms with Gasteiger partial charge < -0.3 is 5.32 Å². The van der Waals surface area contributed by atoms with Gasteiger partial charge in [-0.25, -0.2) is 4.98 Å². The molecule has 1 saturated heterocycles. The maximum absolute atomic E-state index is 12.1. The third kappa shape index (κ3) is 2.43. The fourth-order valence-corrected chi connectivity index (χ4v) is 4.44. The summed E-state index contributed by atoms with van der Waals surface area (Å²) < 4.78 is 1.17. The van der Waals surface area contributed by atoms with Crippen molar-refractivity contribution in [2.45, 2.75) is 24.8 Å². The Bertz CT molecular complexity index is 659. The molecule has 0 radical (unpaired) electrons. The van der Waals surface area contributed by atoms with Gasteiger partial charge in [-0.2, -0.15) is 0 Å². The molecule has 4 rings (SSSR count). The van der Waals surface area contributed by atoms with Gasteiger partial charge in [0.15, 0.2) is 0 Å². The minimum absolute atomic E-state index is 0.0567. The highest BCUT2D eigenvalue weighted by molar-refractivity contribution is 7.99. The third-order valence-electron chi connectivity index (χ3n) is 3.63. The smallest absolute Gasteiger partial charge is 0.242 e. The number of amides is 1. The highest BCUT2D eigenvalue weighted by Gasteiger charge is 2.27. The van der Waals surface area contributed by atoms with Crippen molar-refractivity contribution in [1.82, 2.24) is 10.3 Å². The first-order valence-corrected chi connectivity index (χ1v) is 8.79. The summed E-state index contributed by atoms with van der Waals surface area (Å²) in [5.41, 5.74) is 1.91. The number of hydrogen-bond acceptors (Lipinski definition) is 5. The average molecular weight is 305 g/mol. The zero-order chi connectivity index (χ0) is 13.5. The Morgan fingerprint density at radius 2 is 2.30 bits per heavy atom. The molecule has 1 aromatic heterocycles. The quantitative estimate of drug-likeness (QED) is 0.915. The summed E-state index contributed by atoms with van der Waals surface area (Å²) >= 11 is 3.52. The molecule has 2 N–H and O–H groups in total. The van der Waals surface area contributed by atoms with Crippen molar-refractivity contribution in [3.63, 3.8) is 0 Å². The Balaban J connectivity index is 1.55. The summed E-state index contributed by atoms with van der Waals surface area (Å²) in [6.07, 6.45) is 2.54. The highest BCUT2D eigenvalue weighted by Crippen LogP contribution is 2.43. The molecule has 1 unspecified atom stereocenters. The minimum Gasteiger partial charge on any atom is -0.325 e. The molecule has 4 nitrogen and oxygen atoms in total. The Hall–Kier alpha value is -1.11. The van der Waals surface area contributed by atoms with E-state index in [4.69, 9.17) is 0 Å². The Morgan fingerprint density at radius 3 is 3.05 bits per heavy atom. The molecule has 20 heavy (non-hydrogen) atoms. The summed E-state index contributed by atoms with van der Waals surface area (Å²) in [6, 6.07) is 5.92. The van der Waals surface area contributed by atoms with E-state index in [-0.39, 0.29) is 11.9 Å². The van der Waals surface area contributed by atoms with Crippen LogP contribution in [0.25, 0.3) is 10.2 Å². The molecule has 6 heteroatoms. The van der Waals surface area contributed by atoms with Crippen molar-refractivity contribution in [3.05, 3.63) is 23.2 Å². The van der Waals surface area contributed by atoms with E-state index in [0.717, 1.165) is 22.8 Å². The molecule has 2 aliphatic rings. The largest absolute Gasteiger partial charge is 0.325 e. The Labute approximate surface area is 125 Å². The molecule has 1 amide bonds. The van der Waals surface area contributed by atoms with Crippen molar-refractivity contribution in [2.24, 2.45) is 0 Å². The Kier molecular flexibility index (Phi) is 3.17. The maximum atomic E-state index is 12.1. The van der Waals surface area contributed by atoms with Crippen molar-refractivity contribution >= 4 is 44.9 Å². The number of benzene rings is 1. The summed E-state index contributed by atoms with van der Waals surface area (Å²) in [4.78, 5) is 16.7. The van der Waals surface area contributed by atoms with Crippen molar-refractivity contribution in [1.29, 1.82) is 0 Å². The van der Waals surface area contributed by atoms with Crippen LogP contribution >= 0.6 is 23.1 Å². The number of carbonyl (C=O) groups is 1. The number of thioether (sulfide) groups is 1. The third-order valence-corrected chi connectivity index (χ3v) is 5.75. The fourth-order valence-electron chi connectivity index (χ4n) is 2.32. The van der Waals surface area contributed by atoms with E-state index < -0.39 is 0 Å².